The second-order valence-corrected chi connectivity index (χ2v) is 8.02. The predicted octanol–water partition coefficient (Wildman–Crippen LogP) is 3.64. The van der Waals surface area contributed by atoms with E-state index in [0.29, 0.717) is 39.0 Å². The average molecular weight is 556 g/mol. The minimum Gasteiger partial charge on any atom is -0.491 e. The van der Waals surface area contributed by atoms with E-state index in [1.54, 1.807) is 0 Å². The Bertz CT molecular complexity index is 864. The zero-order chi connectivity index (χ0) is 22.1. The van der Waals surface area contributed by atoms with E-state index in [2.05, 4.69) is 46.0 Å². The molecule has 32 heavy (non-hydrogen) atoms. The molecular weight excluding hydrogens is 519 g/mol. The molecule has 0 amide bonds. The number of aryl methyl sites for hydroxylation is 2. The van der Waals surface area contributed by atoms with E-state index in [4.69, 9.17) is 14.5 Å². The molecule has 0 unspecified atom stereocenters. The van der Waals surface area contributed by atoms with Crippen molar-refractivity contribution in [1.29, 1.82) is 0 Å². The summed E-state index contributed by atoms with van der Waals surface area (Å²) in [7, 11) is 1.98. The van der Waals surface area contributed by atoms with Gasteiger partial charge in [0.25, 0.3) is 0 Å². The lowest BCUT2D eigenvalue weighted by Gasteiger charge is -2.18. The fraction of sp³-hybridized carbons (Fsp3) is 0.609. The van der Waals surface area contributed by atoms with Gasteiger partial charge >= 0.3 is 0 Å². The van der Waals surface area contributed by atoms with Gasteiger partial charge in [-0.25, -0.2) is 4.99 Å². The largest absolute Gasteiger partial charge is 0.491 e. The van der Waals surface area contributed by atoms with Gasteiger partial charge in [-0.1, -0.05) is 25.0 Å². The molecule has 1 heterocycles. The second kappa shape index (κ2) is 13.6. The summed E-state index contributed by atoms with van der Waals surface area (Å²) >= 11 is 0. The zero-order valence-electron chi connectivity index (χ0n) is 19.7. The van der Waals surface area contributed by atoms with Gasteiger partial charge in [0.2, 0.25) is 0 Å². The molecule has 1 aliphatic rings. The number of benzene rings is 1. The average Bonchev–Trinajstić information content (AvgIpc) is 3.39. The van der Waals surface area contributed by atoms with E-state index in [1.807, 2.05) is 25.5 Å². The summed E-state index contributed by atoms with van der Waals surface area (Å²) in [6.07, 6.45) is 4.90. The van der Waals surface area contributed by atoms with Crippen LogP contribution in [0.1, 0.15) is 55.4 Å². The van der Waals surface area contributed by atoms with Crippen molar-refractivity contribution >= 4 is 29.9 Å². The Morgan fingerprint density at radius 1 is 1.19 bits per heavy atom. The van der Waals surface area contributed by atoms with Gasteiger partial charge in [0, 0.05) is 25.3 Å². The van der Waals surface area contributed by atoms with Gasteiger partial charge in [0.15, 0.2) is 11.8 Å². The third kappa shape index (κ3) is 7.91. The normalized spacial score (nSPS) is 14.3. The molecule has 178 valence electrons. The molecule has 1 saturated carbocycles. The third-order valence-electron chi connectivity index (χ3n) is 5.61. The fourth-order valence-corrected chi connectivity index (χ4v) is 3.63. The predicted molar refractivity (Wildman–Crippen MR) is 138 cm³/mol. The van der Waals surface area contributed by atoms with Crippen LogP contribution in [0.5, 0.6) is 5.75 Å². The number of guanidine groups is 1. The van der Waals surface area contributed by atoms with Crippen molar-refractivity contribution < 1.29 is 9.47 Å². The van der Waals surface area contributed by atoms with E-state index < -0.39 is 0 Å². The van der Waals surface area contributed by atoms with Crippen LogP contribution in [-0.4, -0.2) is 46.6 Å². The van der Waals surface area contributed by atoms with Crippen LogP contribution in [0.3, 0.4) is 0 Å². The SMILES string of the molecule is CCOCCOc1cc(C)ccc1CN=C(NCc1nnc(C)n1C)NC1CCCC1.I. The fourth-order valence-electron chi connectivity index (χ4n) is 3.63. The van der Waals surface area contributed by atoms with Crippen molar-refractivity contribution in [1.82, 2.24) is 25.4 Å². The quantitative estimate of drug-likeness (QED) is 0.201. The Morgan fingerprint density at radius 3 is 2.66 bits per heavy atom. The molecule has 2 aromatic rings. The lowest BCUT2D eigenvalue weighted by atomic mass is 10.1. The zero-order valence-corrected chi connectivity index (χ0v) is 22.0. The van der Waals surface area contributed by atoms with Gasteiger partial charge in [0.05, 0.1) is 19.7 Å². The summed E-state index contributed by atoms with van der Waals surface area (Å²) in [5, 5.41) is 15.4. The Balaban J connectivity index is 0.00000363. The van der Waals surface area contributed by atoms with Crippen molar-refractivity contribution in [2.45, 2.75) is 65.6 Å². The molecule has 0 aliphatic heterocycles. The highest BCUT2D eigenvalue weighted by molar-refractivity contribution is 14.0. The van der Waals surface area contributed by atoms with Crippen molar-refractivity contribution in [2.24, 2.45) is 12.0 Å². The highest BCUT2D eigenvalue weighted by Gasteiger charge is 2.17. The smallest absolute Gasteiger partial charge is 0.192 e. The molecule has 1 aromatic heterocycles. The van der Waals surface area contributed by atoms with Crippen LogP contribution < -0.4 is 15.4 Å². The molecule has 1 fully saturated rings. The van der Waals surface area contributed by atoms with Crippen LogP contribution in [0.4, 0.5) is 0 Å². The van der Waals surface area contributed by atoms with Gasteiger partial charge in [-0.05, 0) is 45.2 Å². The topological polar surface area (TPSA) is 85.6 Å². The molecular formula is C23H37IN6O2. The number of aliphatic imine (C=N–C) groups is 1. The van der Waals surface area contributed by atoms with E-state index >= 15 is 0 Å². The highest BCUT2D eigenvalue weighted by Crippen LogP contribution is 2.22. The molecule has 1 aliphatic carbocycles. The van der Waals surface area contributed by atoms with Crippen molar-refractivity contribution in [3.63, 3.8) is 0 Å². The maximum atomic E-state index is 5.98. The van der Waals surface area contributed by atoms with E-state index in [9.17, 15) is 0 Å². The molecule has 9 heteroatoms. The van der Waals surface area contributed by atoms with Crippen LogP contribution >= 0.6 is 24.0 Å². The lowest BCUT2D eigenvalue weighted by Crippen LogP contribution is -2.42. The van der Waals surface area contributed by atoms with Gasteiger partial charge in [0.1, 0.15) is 18.2 Å². The maximum absolute atomic E-state index is 5.98. The van der Waals surface area contributed by atoms with Crippen molar-refractivity contribution in [2.75, 3.05) is 19.8 Å². The second-order valence-electron chi connectivity index (χ2n) is 8.02. The minimum atomic E-state index is 0. The van der Waals surface area contributed by atoms with Crippen LogP contribution in [0, 0.1) is 13.8 Å². The molecule has 0 saturated heterocycles. The van der Waals surface area contributed by atoms with Gasteiger partial charge < -0.3 is 24.7 Å². The summed E-state index contributed by atoms with van der Waals surface area (Å²) in [4.78, 5) is 4.87. The number of aromatic nitrogens is 3. The number of rotatable bonds is 10. The molecule has 0 atom stereocenters. The summed E-state index contributed by atoms with van der Waals surface area (Å²) in [5.41, 5.74) is 2.23. The van der Waals surface area contributed by atoms with E-state index in [1.165, 1.54) is 31.2 Å². The number of ether oxygens (including phenoxy) is 2. The number of nitrogens with zero attached hydrogens (tertiary/aromatic N) is 4. The van der Waals surface area contributed by atoms with Crippen LogP contribution in [-0.2, 0) is 24.9 Å². The molecule has 0 bridgehead atoms. The first-order valence-electron chi connectivity index (χ1n) is 11.3. The van der Waals surface area contributed by atoms with Crippen molar-refractivity contribution in [3.05, 3.63) is 41.0 Å². The van der Waals surface area contributed by atoms with Gasteiger partial charge in [-0.3, -0.25) is 0 Å². The standard InChI is InChI=1S/C23H36N6O2.HI/c1-5-30-12-13-31-21-14-17(2)10-11-19(21)15-24-23(26-20-8-6-7-9-20)25-16-22-28-27-18(3)29(22)4;/h10-11,14,20H,5-9,12-13,15-16H2,1-4H3,(H2,24,25,26);1H. The maximum Gasteiger partial charge on any atom is 0.192 e. The van der Waals surface area contributed by atoms with Gasteiger partial charge in [-0.2, -0.15) is 0 Å². The molecule has 0 radical (unpaired) electrons. The Hall–Kier alpha value is -1.88. The molecule has 3 rings (SSSR count). The van der Waals surface area contributed by atoms with Crippen LogP contribution in [0.15, 0.2) is 23.2 Å². The molecule has 2 N–H and O–H groups in total. The number of hydrogen-bond donors (Lipinski definition) is 2. The minimum absolute atomic E-state index is 0. The number of nitrogens with one attached hydrogen (secondary N) is 2. The van der Waals surface area contributed by atoms with E-state index in [-0.39, 0.29) is 24.0 Å². The summed E-state index contributed by atoms with van der Waals surface area (Å²) < 4.78 is 13.4. The van der Waals surface area contributed by atoms with Crippen LogP contribution in [0.25, 0.3) is 0 Å². The van der Waals surface area contributed by atoms with Crippen molar-refractivity contribution in [3.8, 4) is 5.75 Å². The Labute approximate surface area is 208 Å². The molecule has 1 aromatic carbocycles. The Morgan fingerprint density at radius 2 is 1.97 bits per heavy atom. The summed E-state index contributed by atoms with van der Waals surface area (Å²) in [5.74, 6) is 3.45. The Kier molecular flexibility index (Phi) is 11.2. The van der Waals surface area contributed by atoms with Gasteiger partial charge in [-0.15, -0.1) is 34.2 Å². The first-order valence-corrected chi connectivity index (χ1v) is 11.3. The van der Waals surface area contributed by atoms with Crippen LogP contribution in [0.2, 0.25) is 0 Å². The van der Waals surface area contributed by atoms with E-state index in [0.717, 1.165) is 28.9 Å². The number of hydrogen-bond acceptors (Lipinski definition) is 5. The number of halogens is 1. The highest BCUT2D eigenvalue weighted by atomic mass is 127. The summed E-state index contributed by atoms with van der Waals surface area (Å²) in [6.45, 7) is 8.92. The monoisotopic (exact) mass is 556 g/mol. The first kappa shape index (κ1) is 26.4. The lowest BCUT2D eigenvalue weighted by molar-refractivity contribution is 0.110. The first-order chi connectivity index (χ1) is 15.1. The molecule has 8 nitrogen and oxygen atoms in total. The third-order valence-corrected chi connectivity index (χ3v) is 5.61. The molecule has 0 spiro atoms. The summed E-state index contributed by atoms with van der Waals surface area (Å²) in [6, 6.07) is 6.72.